The Morgan fingerprint density at radius 2 is 2.44 bits per heavy atom. The van der Waals surface area contributed by atoms with Crippen molar-refractivity contribution in [2.24, 2.45) is 11.7 Å². The van der Waals surface area contributed by atoms with Crippen LogP contribution in [0.2, 0.25) is 0 Å². The van der Waals surface area contributed by atoms with Crippen LogP contribution < -0.4 is 11.1 Å². The molecule has 2 aliphatic rings. The number of rotatable bonds is 4. The van der Waals surface area contributed by atoms with E-state index in [1.54, 1.807) is 0 Å². The van der Waals surface area contributed by atoms with Gasteiger partial charge in [0.2, 0.25) is 0 Å². The fourth-order valence-electron chi connectivity index (χ4n) is 2.92. The first-order valence-corrected chi connectivity index (χ1v) is 6.50. The lowest BCUT2D eigenvalue weighted by atomic mass is 10.0. The Bertz CT molecular complexity index is 269. The maximum atomic E-state index is 12.0. The van der Waals surface area contributed by atoms with E-state index in [1.807, 2.05) is 4.90 Å². The van der Waals surface area contributed by atoms with Gasteiger partial charge in [0.1, 0.15) is 0 Å². The molecule has 4 heteroatoms. The number of carbonyl (C=O) groups excluding carboxylic acids is 1. The molecule has 92 valence electrons. The van der Waals surface area contributed by atoms with Crippen LogP contribution in [-0.4, -0.2) is 36.1 Å². The van der Waals surface area contributed by atoms with Gasteiger partial charge in [-0.15, -0.1) is 0 Å². The van der Waals surface area contributed by atoms with Gasteiger partial charge in [-0.05, 0) is 31.6 Å². The van der Waals surface area contributed by atoms with E-state index in [0.717, 1.165) is 38.8 Å². The molecule has 2 atom stereocenters. The highest BCUT2D eigenvalue weighted by Crippen LogP contribution is 2.53. The summed E-state index contributed by atoms with van der Waals surface area (Å²) < 4.78 is 0. The summed E-state index contributed by atoms with van der Waals surface area (Å²) in [6.45, 7) is 4.42. The lowest BCUT2D eigenvalue weighted by molar-refractivity contribution is 0.143. The zero-order chi connectivity index (χ0) is 11.6. The number of nitrogens with two attached hydrogens (primary N) is 1. The summed E-state index contributed by atoms with van der Waals surface area (Å²) in [5, 5.41) is 3.00. The maximum Gasteiger partial charge on any atom is 0.317 e. The smallest absolute Gasteiger partial charge is 0.317 e. The van der Waals surface area contributed by atoms with Gasteiger partial charge in [-0.3, -0.25) is 0 Å². The summed E-state index contributed by atoms with van der Waals surface area (Å²) in [5.74, 6) is 0.670. The van der Waals surface area contributed by atoms with E-state index in [9.17, 15) is 4.79 Å². The maximum absolute atomic E-state index is 12.0. The van der Waals surface area contributed by atoms with Crippen molar-refractivity contribution in [2.45, 2.75) is 44.6 Å². The topological polar surface area (TPSA) is 58.4 Å². The Morgan fingerprint density at radius 1 is 1.62 bits per heavy atom. The minimum absolute atomic E-state index is 0.0224. The number of nitrogens with one attached hydrogen (secondary N) is 1. The number of nitrogens with zero attached hydrogens (tertiary/aromatic N) is 1. The molecule has 4 nitrogen and oxygen atoms in total. The van der Waals surface area contributed by atoms with Gasteiger partial charge in [-0.25, -0.2) is 4.79 Å². The largest absolute Gasteiger partial charge is 0.338 e. The summed E-state index contributed by atoms with van der Waals surface area (Å²) in [6, 6.07) is 0.0982. The molecule has 2 amide bonds. The van der Waals surface area contributed by atoms with Gasteiger partial charge in [0, 0.05) is 19.6 Å². The standard InChI is InChI=1S/C12H23N3O/c1-2-3-6-14-11(16)15-7-4-5-10-8-12(10,15)9-13/h10H,2-9,13H2,1H3,(H,14,16). The fraction of sp³-hybridized carbons (Fsp3) is 0.917. The monoisotopic (exact) mass is 225 g/mol. The van der Waals surface area contributed by atoms with Crippen molar-refractivity contribution < 1.29 is 4.79 Å². The highest BCUT2D eigenvalue weighted by molar-refractivity contribution is 5.76. The Kier molecular flexibility index (Phi) is 3.38. The molecule has 16 heavy (non-hydrogen) atoms. The van der Waals surface area contributed by atoms with Crippen LogP contribution in [0.5, 0.6) is 0 Å². The van der Waals surface area contributed by atoms with Crippen LogP contribution >= 0.6 is 0 Å². The number of amides is 2. The summed E-state index contributed by atoms with van der Waals surface area (Å²) >= 11 is 0. The van der Waals surface area contributed by atoms with Gasteiger partial charge < -0.3 is 16.0 Å². The average molecular weight is 225 g/mol. The minimum atomic E-state index is 0.0224. The van der Waals surface area contributed by atoms with E-state index in [1.165, 1.54) is 6.42 Å². The van der Waals surface area contributed by atoms with Gasteiger partial charge >= 0.3 is 6.03 Å². The molecule has 2 rings (SSSR count). The lowest BCUT2D eigenvalue weighted by Crippen LogP contribution is -2.54. The molecule has 0 spiro atoms. The molecule has 2 fully saturated rings. The highest BCUT2D eigenvalue weighted by Gasteiger charge is 2.59. The van der Waals surface area contributed by atoms with Crippen molar-refractivity contribution in [1.29, 1.82) is 0 Å². The average Bonchev–Trinajstić information content (AvgIpc) is 3.03. The molecular weight excluding hydrogens is 202 g/mol. The molecule has 1 aliphatic carbocycles. The molecule has 1 saturated carbocycles. The predicted octanol–water partition coefficient (Wildman–Crippen LogP) is 1.31. The van der Waals surface area contributed by atoms with E-state index in [-0.39, 0.29) is 11.6 Å². The number of urea groups is 1. The second kappa shape index (κ2) is 4.62. The predicted molar refractivity (Wildman–Crippen MR) is 64.1 cm³/mol. The quantitative estimate of drug-likeness (QED) is 0.709. The summed E-state index contributed by atoms with van der Waals surface area (Å²) in [6.07, 6.45) is 5.66. The van der Waals surface area contributed by atoms with Crippen molar-refractivity contribution in [3.63, 3.8) is 0 Å². The molecule has 0 bridgehead atoms. The minimum Gasteiger partial charge on any atom is -0.338 e. The zero-order valence-corrected chi connectivity index (χ0v) is 10.2. The Hall–Kier alpha value is -0.770. The van der Waals surface area contributed by atoms with Crippen molar-refractivity contribution in [3.05, 3.63) is 0 Å². The number of hydrogen-bond donors (Lipinski definition) is 2. The lowest BCUT2D eigenvalue weighted by Gasteiger charge is -2.35. The number of carbonyl (C=O) groups is 1. The first-order valence-electron chi connectivity index (χ1n) is 6.50. The highest BCUT2D eigenvalue weighted by atomic mass is 16.2. The van der Waals surface area contributed by atoms with Gasteiger partial charge in [0.25, 0.3) is 0 Å². The molecule has 0 aromatic rings. The molecule has 3 N–H and O–H groups in total. The normalized spacial score (nSPS) is 32.1. The van der Waals surface area contributed by atoms with Crippen LogP contribution in [0, 0.1) is 5.92 Å². The SMILES string of the molecule is CCCCNC(=O)N1CCCC2CC21CN. The third-order valence-corrected chi connectivity index (χ3v) is 4.08. The van der Waals surface area contributed by atoms with Crippen molar-refractivity contribution >= 4 is 6.03 Å². The zero-order valence-electron chi connectivity index (χ0n) is 10.2. The summed E-state index contributed by atoms with van der Waals surface area (Å²) in [4.78, 5) is 14.0. The van der Waals surface area contributed by atoms with Crippen molar-refractivity contribution in [1.82, 2.24) is 10.2 Å². The van der Waals surface area contributed by atoms with Crippen LogP contribution in [0.3, 0.4) is 0 Å². The second-order valence-electron chi connectivity index (χ2n) is 5.09. The molecule has 2 unspecified atom stereocenters. The van der Waals surface area contributed by atoms with E-state index >= 15 is 0 Å². The molecule has 1 aliphatic heterocycles. The third kappa shape index (κ3) is 1.90. The van der Waals surface area contributed by atoms with E-state index in [2.05, 4.69) is 12.2 Å². The Morgan fingerprint density at radius 3 is 3.12 bits per heavy atom. The summed E-state index contributed by atoms with van der Waals surface area (Å²) in [5.41, 5.74) is 5.86. The van der Waals surface area contributed by atoms with E-state index in [0.29, 0.717) is 12.5 Å². The van der Waals surface area contributed by atoms with E-state index < -0.39 is 0 Å². The fourth-order valence-corrected chi connectivity index (χ4v) is 2.92. The molecule has 0 aromatic heterocycles. The molecule has 1 heterocycles. The van der Waals surface area contributed by atoms with Crippen LogP contribution in [0.25, 0.3) is 0 Å². The number of unbranched alkanes of at least 4 members (excludes halogenated alkanes) is 1. The van der Waals surface area contributed by atoms with Crippen LogP contribution in [0.4, 0.5) is 4.79 Å². The molecule has 0 aromatic carbocycles. The van der Waals surface area contributed by atoms with Gasteiger partial charge in [0.15, 0.2) is 0 Å². The Balaban J connectivity index is 1.89. The molecular formula is C12H23N3O. The van der Waals surface area contributed by atoms with Crippen molar-refractivity contribution in [2.75, 3.05) is 19.6 Å². The third-order valence-electron chi connectivity index (χ3n) is 4.08. The van der Waals surface area contributed by atoms with Crippen LogP contribution in [-0.2, 0) is 0 Å². The number of hydrogen-bond acceptors (Lipinski definition) is 2. The van der Waals surface area contributed by atoms with Gasteiger partial charge in [-0.1, -0.05) is 13.3 Å². The van der Waals surface area contributed by atoms with Gasteiger partial charge in [0.05, 0.1) is 5.54 Å². The number of likely N-dealkylation sites (tertiary alicyclic amines) is 1. The van der Waals surface area contributed by atoms with Crippen LogP contribution in [0.1, 0.15) is 39.0 Å². The van der Waals surface area contributed by atoms with Crippen LogP contribution in [0.15, 0.2) is 0 Å². The number of fused-ring (bicyclic) bond motifs is 1. The van der Waals surface area contributed by atoms with Gasteiger partial charge in [-0.2, -0.15) is 0 Å². The number of piperidine rings is 1. The Labute approximate surface area is 97.6 Å². The summed E-state index contributed by atoms with van der Waals surface area (Å²) in [7, 11) is 0. The first-order chi connectivity index (χ1) is 7.74. The van der Waals surface area contributed by atoms with Crippen molar-refractivity contribution in [3.8, 4) is 0 Å². The first kappa shape index (κ1) is 11.7. The van der Waals surface area contributed by atoms with E-state index in [4.69, 9.17) is 5.73 Å². The second-order valence-corrected chi connectivity index (χ2v) is 5.09. The molecule has 0 radical (unpaired) electrons. The molecule has 1 saturated heterocycles.